The van der Waals surface area contributed by atoms with Gasteiger partial charge in [0.15, 0.2) is 5.16 Å². The quantitative estimate of drug-likeness (QED) is 0.160. The molecule has 1 unspecified atom stereocenters. The molecule has 2 heterocycles. The number of para-hydroxylation sites is 1. The standard InChI is InChI=1S/C28H34F3N5O2S/c29-28(30,31)22-15-13-21(14-16-22)20-39-27-34-33-24(36(27)23-8-2-1-3-9-23)10-4-5-11-25(37)32-17-7-19-35-18-6-12-26(35)38/h1-3,8-9,13-16,25,32,37H,4-7,10-12,17-20H2. The fourth-order valence-electron chi connectivity index (χ4n) is 4.53. The van der Waals surface area contributed by atoms with Crippen LogP contribution in [0.5, 0.6) is 0 Å². The van der Waals surface area contributed by atoms with Gasteiger partial charge < -0.3 is 10.0 Å². The number of benzene rings is 2. The van der Waals surface area contributed by atoms with Crippen LogP contribution in [-0.2, 0) is 23.1 Å². The second-order valence-electron chi connectivity index (χ2n) is 9.61. The Balaban J connectivity index is 1.26. The van der Waals surface area contributed by atoms with E-state index in [1.165, 1.54) is 23.9 Å². The number of carbonyl (C=O) groups is 1. The molecule has 11 heteroatoms. The van der Waals surface area contributed by atoms with Gasteiger partial charge in [-0.15, -0.1) is 10.2 Å². The van der Waals surface area contributed by atoms with E-state index in [1.54, 1.807) is 0 Å². The summed E-state index contributed by atoms with van der Waals surface area (Å²) in [6, 6.07) is 14.9. The highest BCUT2D eigenvalue weighted by molar-refractivity contribution is 7.98. The number of unbranched alkanes of at least 4 members (excludes halogenated alkanes) is 1. The van der Waals surface area contributed by atoms with Gasteiger partial charge in [-0.2, -0.15) is 13.2 Å². The summed E-state index contributed by atoms with van der Waals surface area (Å²) in [5.74, 6) is 1.49. The molecule has 0 bridgehead atoms. The third kappa shape index (κ3) is 8.55. The van der Waals surface area contributed by atoms with Crippen LogP contribution in [-0.4, -0.2) is 56.5 Å². The number of halogens is 3. The summed E-state index contributed by atoms with van der Waals surface area (Å²) in [5, 5.41) is 22.9. The van der Waals surface area contributed by atoms with Crippen LogP contribution in [0.25, 0.3) is 5.69 Å². The number of hydrogen-bond donors (Lipinski definition) is 2. The minimum Gasteiger partial charge on any atom is -0.379 e. The van der Waals surface area contributed by atoms with Crippen molar-refractivity contribution in [3.05, 3.63) is 71.5 Å². The van der Waals surface area contributed by atoms with Gasteiger partial charge in [0.1, 0.15) is 12.1 Å². The van der Waals surface area contributed by atoms with Crippen LogP contribution in [0, 0.1) is 0 Å². The lowest BCUT2D eigenvalue weighted by Crippen LogP contribution is -2.33. The average Bonchev–Trinajstić information content (AvgIpc) is 3.53. The molecule has 1 aromatic heterocycles. The van der Waals surface area contributed by atoms with Crippen molar-refractivity contribution >= 4 is 17.7 Å². The molecule has 1 fully saturated rings. The first-order valence-electron chi connectivity index (χ1n) is 13.3. The molecule has 7 nitrogen and oxygen atoms in total. The minimum atomic E-state index is -4.35. The first-order chi connectivity index (χ1) is 18.8. The zero-order valence-electron chi connectivity index (χ0n) is 21.7. The first-order valence-corrected chi connectivity index (χ1v) is 14.3. The summed E-state index contributed by atoms with van der Waals surface area (Å²) in [4.78, 5) is 13.5. The molecule has 3 aromatic rings. The fourth-order valence-corrected chi connectivity index (χ4v) is 5.46. The molecular formula is C28H34F3N5O2S. The van der Waals surface area contributed by atoms with Crippen molar-refractivity contribution in [2.75, 3.05) is 19.6 Å². The highest BCUT2D eigenvalue weighted by Gasteiger charge is 2.30. The number of rotatable bonds is 14. The molecule has 1 atom stereocenters. The van der Waals surface area contributed by atoms with E-state index in [9.17, 15) is 23.1 Å². The number of aliphatic hydroxyl groups excluding tert-OH is 1. The molecule has 0 saturated carbocycles. The summed E-state index contributed by atoms with van der Waals surface area (Å²) >= 11 is 1.43. The Kier molecular flexibility index (Phi) is 10.4. The van der Waals surface area contributed by atoms with Crippen LogP contribution in [0.4, 0.5) is 13.2 Å². The number of likely N-dealkylation sites (tertiary alicyclic amines) is 1. The van der Waals surface area contributed by atoms with Crippen LogP contribution in [0.1, 0.15) is 55.5 Å². The van der Waals surface area contributed by atoms with Gasteiger partial charge >= 0.3 is 6.18 Å². The number of alkyl halides is 3. The Labute approximate surface area is 230 Å². The van der Waals surface area contributed by atoms with E-state index in [2.05, 4.69) is 15.5 Å². The third-order valence-electron chi connectivity index (χ3n) is 6.65. The van der Waals surface area contributed by atoms with E-state index in [-0.39, 0.29) is 5.91 Å². The van der Waals surface area contributed by atoms with Gasteiger partial charge in [0, 0.05) is 37.4 Å². The number of aromatic nitrogens is 3. The molecule has 1 saturated heterocycles. The molecule has 0 aliphatic carbocycles. The molecule has 0 radical (unpaired) electrons. The van der Waals surface area contributed by atoms with Crippen LogP contribution in [0.2, 0.25) is 0 Å². The van der Waals surface area contributed by atoms with E-state index in [4.69, 9.17) is 0 Å². The smallest absolute Gasteiger partial charge is 0.379 e. The SMILES string of the molecule is O=C1CCCN1CCCNC(O)CCCCc1nnc(SCc2ccc(C(F)(F)F)cc2)n1-c1ccccc1. The van der Waals surface area contributed by atoms with E-state index in [1.807, 2.05) is 39.8 Å². The zero-order chi connectivity index (χ0) is 27.7. The Hall–Kier alpha value is -2.89. The number of hydrogen-bond acceptors (Lipinski definition) is 6. The van der Waals surface area contributed by atoms with Gasteiger partial charge in [-0.05, 0) is 68.5 Å². The maximum absolute atomic E-state index is 12.9. The summed E-state index contributed by atoms with van der Waals surface area (Å²) in [7, 11) is 0. The first kappa shape index (κ1) is 29.1. The fraction of sp³-hybridized carbons (Fsp3) is 0.464. The summed E-state index contributed by atoms with van der Waals surface area (Å²) < 4.78 is 40.6. The molecule has 2 aromatic carbocycles. The predicted octanol–water partition coefficient (Wildman–Crippen LogP) is 5.21. The van der Waals surface area contributed by atoms with Crippen LogP contribution in [0.15, 0.2) is 59.8 Å². The number of thioether (sulfide) groups is 1. The second-order valence-corrected chi connectivity index (χ2v) is 10.5. The number of amides is 1. The number of aliphatic hydroxyl groups is 1. The van der Waals surface area contributed by atoms with Crippen molar-refractivity contribution in [2.24, 2.45) is 0 Å². The monoisotopic (exact) mass is 561 g/mol. The Morgan fingerprint density at radius 3 is 2.49 bits per heavy atom. The summed E-state index contributed by atoms with van der Waals surface area (Å²) in [6.07, 6.45) is 0.347. The van der Waals surface area contributed by atoms with E-state index < -0.39 is 18.0 Å². The predicted molar refractivity (Wildman–Crippen MR) is 144 cm³/mol. The van der Waals surface area contributed by atoms with Gasteiger partial charge in [-0.1, -0.05) is 42.1 Å². The van der Waals surface area contributed by atoms with Crippen molar-refractivity contribution < 1.29 is 23.1 Å². The largest absolute Gasteiger partial charge is 0.416 e. The lowest BCUT2D eigenvalue weighted by Gasteiger charge is -2.17. The maximum Gasteiger partial charge on any atom is 0.416 e. The highest BCUT2D eigenvalue weighted by atomic mass is 32.2. The number of aryl methyl sites for hydroxylation is 1. The molecule has 210 valence electrons. The molecule has 1 aliphatic heterocycles. The normalized spacial score (nSPS) is 14.8. The van der Waals surface area contributed by atoms with Crippen molar-refractivity contribution in [1.82, 2.24) is 25.0 Å². The van der Waals surface area contributed by atoms with Crippen molar-refractivity contribution in [3.63, 3.8) is 0 Å². The Bertz CT molecular complexity index is 1190. The van der Waals surface area contributed by atoms with Gasteiger partial charge in [-0.25, -0.2) is 0 Å². The molecule has 2 N–H and O–H groups in total. The van der Waals surface area contributed by atoms with Crippen molar-refractivity contribution in [1.29, 1.82) is 0 Å². The van der Waals surface area contributed by atoms with Crippen LogP contribution < -0.4 is 5.32 Å². The Morgan fingerprint density at radius 2 is 1.79 bits per heavy atom. The minimum absolute atomic E-state index is 0.222. The van der Waals surface area contributed by atoms with Crippen molar-refractivity contribution in [3.8, 4) is 5.69 Å². The average molecular weight is 562 g/mol. The van der Waals surface area contributed by atoms with Crippen LogP contribution in [0.3, 0.4) is 0 Å². The zero-order valence-corrected chi connectivity index (χ0v) is 22.6. The number of nitrogens with one attached hydrogen (secondary N) is 1. The van der Waals surface area contributed by atoms with E-state index in [0.717, 1.165) is 68.0 Å². The van der Waals surface area contributed by atoms with Gasteiger partial charge in [-0.3, -0.25) is 14.7 Å². The molecule has 4 rings (SSSR count). The van der Waals surface area contributed by atoms with Gasteiger partial charge in [0.25, 0.3) is 0 Å². The molecule has 39 heavy (non-hydrogen) atoms. The van der Waals surface area contributed by atoms with Gasteiger partial charge in [0.05, 0.1) is 5.56 Å². The third-order valence-corrected chi connectivity index (χ3v) is 7.65. The maximum atomic E-state index is 12.9. The molecule has 1 amide bonds. The second kappa shape index (κ2) is 14.0. The highest BCUT2D eigenvalue weighted by Crippen LogP contribution is 2.31. The number of carbonyl (C=O) groups excluding carboxylic acids is 1. The lowest BCUT2D eigenvalue weighted by molar-refractivity contribution is -0.137. The van der Waals surface area contributed by atoms with Crippen LogP contribution >= 0.6 is 11.8 Å². The van der Waals surface area contributed by atoms with E-state index >= 15 is 0 Å². The lowest BCUT2D eigenvalue weighted by atomic mass is 10.1. The van der Waals surface area contributed by atoms with Crippen molar-refractivity contribution in [2.45, 2.75) is 68.3 Å². The summed E-state index contributed by atoms with van der Waals surface area (Å²) in [5.41, 5.74) is 1.03. The molecule has 1 aliphatic rings. The summed E-state index contributed by atoms with van der Waals surface area (Å²) in [6.45, 7) is 2.23. The van der Waals surface area contributed by atoms with E-state index in [0.29, 0.717) is 36.7 Å². The topological polar surface area (TPSA) is 83.3 Å². The number of nitrogens with zero attached hydrogens (tertiary/aromatic N) is 4. The molecular weight excluding hydrogens is 527 g/mol. The molecule has 0 spiro atoms. The van der Waals surface area contributed by atoms with Gasteiger partial charge in [0.2, 0.25) is 5.91 Å². The Morgan fingerprint density at radius 1 is 1.03 bits per heavy atom.